The third-order valence-electron chi connectivity index (χ3n) is 3.20. The number of nitrogens with zero attached hydrogens (tertiary/aromatic N) is 2. The molecule has 3 rings (SSSR count). The van der Waals surface area contributed by atoms with E-state index in [2.05, 4.69) is 10.3 Å². The minimum Gasteiger partial charge on any atom is -0.482 e. The highest BCUT2D eigenvalue weighted by molar-refractivity contribution is 6.04. The van der Waals surface area contributed by atoms with Gasteiger partial charge in [-0.05, 0) is 30.3 Å². The van der Waals surface area contributed by atoms with E-state index in [1.54, 1.807) is 49.6 Å². The van der Waals surface area contributed by atoms with Gasteiger partial charge in [-0.3, -0.25) is 14.6 Å². The molecule has 0 atom stereocenters. The number of amides is 2. The van der Waals surface area contributed by atoms with Crippen LogP contribution in [0.3, 0.4) is 0 Å². The molecule has 0 fully saturated rings. The first-order valence-corrected chi connectivity index (χ1v) is 6.41. The van der Waals surface area contributed by atoms with Crippen LogP contribution in [-0.2, 0) is 4.79 Å². The predicted molar refractivity (Wildman–Crippen MR) is 77.5 cm³/mol. The summed E-state index contributed by atoms with van der Waals surface area (Å²) >= 11 is 0. The van der Waals surface area contributed by atoms with Crippen LogP contribution in [0.15, 0.2) is 42.6 Å². The highest BCUT2D eigenvalue weighted by Gasteiger charge is 2.22. The van der Waals surface area contributed by atoms with Crippen LogP contribution in [-0.4, -0.2) is 30.5 Å². The lowest BCUT2D eigenvalue weighted by atomic mass is 10.2. The van der Waals surface area contributed by atoms with Crippen molar-refractivity contribution in [3.8, 4) is 5.75 Å². The van der Waals surface area contributed by atoms with Gasteiger partial charge in [0.15, 0.2) is 6.61 Å². The molecule has 0 spiro atoms. The van der Waals surface area contributed by atoms with Crippen LogP contribution in [0.2, 0.25) is 0 Å². The third-order valence-corrected chi connectivity index (χ3v) is 3.20. The van der Waals surface area contributed by atoms with Gasteiger partial charge in [-0.25, -0.2) is 0 Å². The Morgan fingerprint density at radius 2 is 2.19 bits per heavy atom. The van der Waals surface area contributed by atoms with Crippen molar-refractivity contribution < 1.29 is 14.3 Å². The molecule has 1 N–H and O–H groups in total. The Labute approximate surface area is 121 Å². The van der Waals surface area contributed by atoms with Gasteiger partial charge < -0.3 is 15.0 Å². The number of rotatable bonds is 2. The molecule has 0 bridgehead atoms. The molecule has 106 valence electrons. The van der Waals surface area contributed by atoms with Crippen LogP contribution >= 0.6 is 0 Å². The minimum absolute atomic E-state index is 0.0309. The molecule has 6 nitrogen and oxygen atoms in total. The van der Waals surface area contributed by atoms with E-state index in [1.165, 1.54) is 4.90 Å². The maximum atomic E-state index is 12.0. The van der Waals surface area contributed by atoms with E-state index in [-0.39, 0.29) is 18.4 Å². The Morgan fingerprint density at radius 3 is 2.95 bits per heavy atom. The lowest BCUT2D eigenvalue weighted by Crippen LogP contribution is -2.35. The number of hydrogen-bond donors (Lipinski definition) is 1. The molecule has 1 aliphatic rings. The predicted octanol–water partition coefficient (Wildman–Crippen LogP) is 1.69. The molecule has 2 heterocycles. The summed E-state index contributed by atoms with van der Waals surface area (Å²) in [6, 6.07) is 10.3. The Balaban J connectivity index is 1.84. The van der Waals surface area contributed by atoms with Crippen molar-refractivity contribution in [1.82, 2.24) is 4.98 Å². The first-order valence-electron chi connectivity index (χ1n) is 6.41. The van der Waals surface area contributed by atoms with Crippen molar-refractivity contribution >= 4 is 23.2 Å². The number of carbonyl (C=O) groups is 2. The summed E-state index contributed by atoms with van der Waals surface area (Å²) in [6.45, 7) is 0.0309. The summed E-state index contributed by atoms with van der Waals surface area (Å²) in [4.78, 5) is 29.2. The van der Waals surface area contributed by atoms with E-state index in [1.807, 2.05) is 0 Å². The Bertz CT molecular complexity index is 701. The van der Waals surface area contributed by atoms with E-state index >= 15 is 0 Å². The van der Waals surface area contributed by atoms with E-state index in [9.17, 15) is 9.59 Å². The molecule has 21 heavy (non-hydrogen) atoms. The average molecular weight is 283 g/mol. The van der Waals surface area contributed by atoms with Crippen molar-refractivity contribution in [2.24, 2.45) is 0 Å². The van der Waals surface area contributed by atoms with Crippen molar-refractivity contribution in [2.45, 2.75) is 0 Å². The van der Waals surface area contributed by atoms with Crippen LogP contribution in [0, 0.1) is 0 Å². The highest BCUT2D eigenvalue weighted by atomic mass is 16.5. The number of ether oxygens (including phenoxy) is 1. The molecular formula is C15H13N3O3. The van der Waals surface area contributed by atoms with Crippen LogP contribution in [0.1, 0.15) is 10.5 Å². The van der Waals surface area contributed by atoms with Crippen molar-refractivity contribution in [3.63, 3.8) is 0 Å². The monoisotopic (exact) mass is 283 g/mol. The van der Waals surface area contributed by atoms with E-state index < -0.39 is 0 Å². The fraction of sp³-hybridized carbons (Fsp3) is 0.133. The number of likely N-dealkylation sites (N-methyl/N-ethyl adjacent to an activating group) is 1. The molecule has 0 unspecified atom stereocenters. The maximum absolute atomic E-state index is 12.0. The Hall–Kier alpha value is -2.89. The third kappa shape index (κ3) is 2.55. The number of anilines is 2. The molecule has 1 aliphatic heterocycles. The quantitative estimate of drug-likeness (QED) is 0.910. The van der Waals surface area contributed by atoms with Crippen LogP contribution < -0.4 is 15.0 Å². The molecule has 0 saturated heterocycles. The number of pyridine rings is 1. The van der Waals surface area contributed by atoms with Gasteiger partial charge in [0.1, 0.15) is 11.4 Å². The number of hydrogen-bond acceptors (Lipinski definition) is 4. The van der Waals surface area contributed by atoms with Gasteiger partial charge in [-0.15, -0.1) is 0 Å². The topological polar surface area (TPSA) is 71.5 Å². The number of aromatic nitrogens is 1. The normalized spacial score (nSPS) is 13.4. The molecule has 1 aromatic carbocycles. The Morgan fingerprint density at radius 1 is 1.33 bits per heavy atom. The summed E-state index contributed by atoms with van der Waals surface area (Å²) in [5.41, 5.74) is 1.54. The van der Waals surface area contributed by atoms with Crippen molar-refractivity contribution in [1.29, 1.82) is 0 Å². The second-order valence-corrected chi connectivity index (χ2v) is 4.59. The molecule has 2 aromatic rings. The van der Waals surface area contributed by atoms with Crippen LogP contribution in [0.5, 0.6) is 5.75 Å². The molecule has 1 aromatic heterocycles. The molecule has 6 heteroatoms. The van der Waals surface area contributed by atoms with Gasteiger partial charge in [0.2, 0.25) is 0 Å². The second-order valence-electron chi connectivity index (χ2n) is 4.59. The molecular weight excluding hydrogens is 270 g/mol. The first kappa shape index (κ1) is 13.1. The smallest absolute Gasteiger partial charge is 0.274 e. The summed E-state index contributed by atoms with van der Waals surface area (Å²) in [5.74, 6) is 0.185. The average Bonchev–Trinajstić information content (AvgIpc) is 2.52. The largest absolute Gasteiger partial charge is 0.482 e. The fourth-order valence-corrected chi connectivity index (χ4v) is 2.04. The van der Waals surface area contributed by atoms with Gasteiger partial charge in [0.25, 0.3) is 11.8 Å². The van der Waals surface area contributed by atoms with Crippen LogP contribution in [0.4, 0.5) is 11.4 Å². The number of fused-ring (bicyclic) bond motifs is 1. The number of nitrogens with one attached hydrogen (secondary N) is 1. The van der Waals surface area contributed by atoms with E-state index in [0.717, 1.165) is 0 Å². The van der Waals surface area contributed by atoms with Crippen molar-refractivity contribution in [3.05, 3.63) is 48.3 Å². The molecule has 2 amide bonds. The maximum Gasteiger partial charge on any atom is 0.274 e. The molecule has 0 saturated carbocycles. The summed E-state index contributed by atoms with van der Waals surface area (Å²) in [5, 5.41) is 2.75. The van der Waals surface area contributed by atoms with E-state index in [0.29, 0.717) is 22.8 Å². The molecule has 0 radical (unpaired) electrons. The standard InChI is InChI=1S/C15H13N3O3/c1-18-12-8-10(5-6-13(12)21-9-14(18)19)17-15(20)11-4-2-3-7-16-11/h2-8H,9H2,1H3,(H,17,20). The minimum atomic E-state index is -0.304. The number of carbonyl (C=O) groups excluding carboxylic acids is 2. The molecule has 0 aliphatic carbocycles. The van der Waals surface area contributed by atoms with Gasteiger partial charge in [0, 0.05) is 18.9 Å². The first-order chi connectivity index (χ1) is 10.1. The van der Waals surface area contributed by atoms with E-state index in [4.69, 9.17) is 4.74 Å². The zero-order valence-electron chi connectivity index (χ0n) is 11.4. The zero-order chi connectivity index (χ0) is 14.8. The zero-order valence-corrected chi connectivity index (χ0v) is 11.4. The Kier molecular flexibility index (Phi) is 3.27. The summed E-state index contributed by atoms with van der Waals surface area (Å²) in [6.07, 6.45) is 1.56. The second kappa shape index (κ2) is 5.24. The van der Waals surface area contributed by atoms with Gasteiger partial charge in [-0.1, -0.05) is 6.07 Å². The fourth-order valence-electron chi connectivity index (χ4n) is 2.04. The lowest BCUT2D eigenvalue weighted by Gasteiger charge is -2.26. The lowest BCUT2D eigenvalue weighted by molar-refractivity contribution is -0.120. The highest BCUT2D eigenvalue weighted by Crippen LogP contribution is 2.33. The SMILES string of the molecule is CN1C(=O)COc2ccc(NC(=O)c3ccccn3)cc21. The summed E-state index contributed by atoms with van der Waals surface area (Å²) in [7, 11) is 1.67. The van der Waals surface area contributed by atoms with Gasteiger partial charge >= 0.3 is 0 Å². The van der Waals surface area contributed by atoms with Crippen LogP contribution in [0.25, 0.3) is 0 Å². The summed E-state index contributed by atoms with van der Waals surface area (Å²) < 4.78 is 5.33. The van der Waals surface area contributed by atoms with Crippen molar-refractivity contribution in [2.75, 3.05) is 23.9 Å². The van der Waals surface area contributed by atoms with Gasteiger partial charge in [-0.2, -0.15) is 0 Å². The number of benzene rings is 1. The van der Waals surface area contributed by atoms with Gasteiger partial charge in [0.05, 0.1) is 5.69 Å².